The van der Waals surface area contributed by atoms with E-state index >= 15 is 0 Å². The van der Waals surface area contributed by atoms with Gasteiger partial charge in [-0.15, -0.1) is 0 Å². The summed E-state index contributed by atoms with van der Waals surface area (Å²) in [5.74, 6) is 0.147. The highest BCUT2D eigenvalue weighted by molar-refractivity contribution is 5.79. The van der Waals surface area contributed by atoms with E-state index in [2.05, 4.69) is 5.32 Å². The van der Waals surface area contributed by atoms with E-state index in [4.69, 9.17) is 10.8 Å². The molecule has 1 heterocycles. The van der Waals surface area contributed by atoms with Gasteiger partial charge >= 0.3 is 5.97 Å². The summed E-state index contributed by atoms with van der Waals surface area (Å²) in [6.07, 6.45) is 1.28. The van der Waals surface area contributed by atoms with Crippen LogP contribution in [0.5, 0.6) is 0 Å². The van der Waals surface area contributed by atoms with Gasteiger partial charge < -0.3 is 16.2 Å². The molecule has 4 nitrogen and oxygen atoms in total. The Kier molecular flexibility index (Phi) is 1.63. The van der Waals surface area contributed by atoms with Crippen molar-refractivity contribution in [2.45, 2.75) is 18.4 Å². The maximum atomic E-state index is 10.8. The minimum absolute atomic E-state index is 0.492. The molecule has 2 atom stereocenters. The van der Waals surface area contributed by atoms with Crippen LogP contribution < -0.4 is 11.1 Å². The maximum Gasteiger partial charge on any atom is 0.323 e. The van der Waals surface area contributed by atoms with Gasteiger partial charge in [-0.05, 0) is 37.8 Å². The molecule has 1 saturated heterocycles. The van der Waals surface area contributed by atoms with Crippen molar-refractivity contribution in [1.82, 2.24) is 5.32 Å². The van der Waals surface area contributed by atoms with Gasteiger partial charge in [-0.3, -0.25) is 4.79 Å². The maximum absolute atomic E-state index is 10.8. The molecule has 0 amide bonds. The topological polar surface area (TPSA) is 75.4 Å². The highest BCUT2D eigenvalue weighted by Gasteiger charge is 2.49. The van der Waals surface area contributed by atoms with Crippen LogP contribution in [0.4, 0.5) is 0 Å². The first-order chi connectivity index (χ1) is 5.62. The van der Waals surface area contributed by atoms with Gasteiger partial charge in [-0.1, -0.05) is 0 Å². The number of carboxylic acid groups (broad SMARTS) is 1. The molecule has 4 heteroatoms. The van der Waals surface area contributed by atoms with Gasteiger partial charge in [0.2, 0.25) is 0 Å². The molecule has 0 aromatic carbocycles. The Bertz CT molecular complexity index is 205. The summed E-state index contributed by atoms with van der Waals surface area (Å²) in [5, 5.41) is 12.1. The largest absolute Gasteiger partial charge is 0.480 e. The number of nitrogens with two attached hydrogens (primary N) is 1. The zero-order chi connectivity index (χ0) is 8.77. The van der Waals surface area contributed by atoms with Crippen LogP contribution >= 0.6 is 0 Å². The molecule has 2 rings (SSSR count). The molecule has 68 valence electrons. The van der Waals surface area contributed by atoms with Crippen molar-refractivity contribution in [1.29, 1.82) is 0 Å². The summed E-state index contributed by atoms with van der Waals surface area (Å²) in [5.41, 5.74) is 4.83. The van der Waals surface area contributed by atoms with Gasteiger partial charge in [0.1, 0.15) is 5.54 Å². The average Bonchev–Trinajstić information content (AvgIpc) is 2.44. The van der Waals surface area contributed by atoms with E-state index in [-0.39, 0.29) is 0 Å². The SMILES string of the molecule is NC1(C(=O)O)CC2CNCC2C1. The Labute approximate surface area is 71.1 Å². The van der Waals surface area contributed by atoms with Crippen LogP contribution in [-0.2, 0) is 4.79 Å². The zero-order valence-electron chi connectivity index (χ0n) is 6.92. The lowest BCUT2D eigenvalue weighted by Crippen LogP contribution is -2.46. The van der Waals surface area contributed by atoms with Crippen molar-refractivity contribution in [3.05, 3.63) is 0 Å². The molecule has 2 fully saturated rings. The van der Waals surface area contributed by atoms with Gasteiger partial charge in [-0.2, -0.15) is 0 Å². The van der Waals surface area contributed by atoms with Crippen molar-refractivity contribution >= 4 is 5.97 Å². The number of fused-ring (bicyclic) bond motifs is 1. The fourth-order valence-electron chi connectivity index (χ4n) is 2.46. The summed E-state index contributed by atoms with van der Waals surface area (Å²) in [4.78, 5) is 10.8. The van der Waals surface area contributed by atoms with E-state index < -0.39 is 11.5 Å². The van der Waals surface area contributed by atoms with Crippen molar-refractivity contribution in [2.75, 3.05) is 13.1 Å². The predicted molar refractivity (Wildman–Crippen MR) is 43.6 cm³/mol. The monoisotopic (exact) mass is 170 g/mol. The molecule has 4 N–H and O–H groups in total. The molecule has 1 aliphatic carbocycles. The lowest BCUT2D eigenvalue weighted by molar-refractivity contribution is -0.143. The molecule has 1 aliphatic heterocycles. The van der Waals surface area contributed by atoms with Crippen molar-refractivity contribution < 1.29 is 9.90 Å². The predicted octanol–water partition coefficient (Wildman–Crippen LogP) is -0.602. The molecule has 0 bridgehead atoms. The molecule has 2 unspecified atom stereocenters. The molecule has 0 spiro atoms. The fourth-order valence-corrected chi connectivity index (χ4v) is 2.46. The van der Waals surface area contributed by atoms with E-state index in [9.17, 15) is 4.79 Å². The molecule has 1 saturated carbocycles. The lowest BCUT2D eigenvalue weighted by atomic mass is 9.97. The van der Waals surface area contributed by atoms with Gasteiger partial charge in [0, 0.05) is 0 Å². The second-order valence-electron chi connectivity index (χ2n) is 4.05. The number of rotatable bonds is 1. The number of carboxylic acids is 1. The molecule has 12 heavy (non-hydrogen) atoms. The number of aliphatic carboxylic acids is 1. The van der Waals surface area contributed by atoms with Gasteiger partial charge in [0.25, 0.3) is 0 Å². The molecule has 0 aromatic rings. The third-order valence-electron chi connectivity index (χ3n) is 3.16. The number of hydrogen-bond donors (Lipinski definition) is 3. The molecule has 0 aromatic heterocycles. The first kappa shape index (κ1) is 8.01. The quantitative estimate of drug-likeness (QED) is 0.491. The van der Waals surface area contributed by atoms with Crippen molar-refractivity contribution in [2.24, 2.45) is 17.6 Å². The van der Waals surface area contributed by atoms with E-state index in [0.29, 0.717) is 24.7 Å². The van der Waals surface area contributed by atoms with E-state index in [0.717, 1.165) is 13.1 Å². The number of nitrogens with one attached hydrogen (secondary N) is 1. The Hall–Kier alpha value is -0.610. The van der Waals surface area contributed by atoms with Crippen LogP contribution in [0.15, 0.2) is 0 Å². The average molecular weight is 170 g/mol. The van der Waals surface area contributed by atoms with Crippen LogP contribution in [0.2, 0.25) is 0 Å². The van der Waals surface area contributed by atoms with Crippen molar-refractivity contribution in [3.63, 3.8) is 0 Å². The van der Waals surface area contributed by atoms with Gasteiger partial charge in [-0.25, -0.2) is 0 Å². The minimum atomic E-state index is -0.933. The zero-order valence-corrected chi connectivity index (χ0v) is 6.92. The van der Waals surface area contributed by atoms with Crippen LogP contribution in [0, 0.1) is 11.8 Å². The summed E-state index contributed by atoms with van der Waals surface area (Å²) < 4.78 is 0. The summed E-state index contributed by atoms with van der Waals surface area (Å²) in [7, 11) is 0. The first-order valence-corrected chi connectivity index (χ1v) is 4.35. The second kappa shape index (κ2) is 2.44. The van der Waals surface area contributed by atoms with E-state index in [1.165, 1.54) is 0 Å². The smallest absolute Gasteiger partial charge is 0.323 e. The summed E-state index contributed by atoms with van der Waals surface area (Å²) in [6.45, 7) is 1.88. The first-order valence-electron chi connectivity index (χ1n) is 4.35. The minimum Gasteiger partial charge on any atom is -0.480 e. The van der Waals surface area contributed by atoms with Crippen LogP contribution in [0.25, 0.3) is 0 Å². The normalized spacial score (nSPS) is 46.1. The number of carbonyl (C=O) groups is 1. The van der Waals surface area contributed by atoms with Gasteiger partial charge in [0.15, 0.2) is 0 Å². The lowest BCUT2D eigenvalue weighted by Gasteiger charge is -2.18. The third-order valence-corrected chi connectivity index (χ3v) is 3.16. The third kappa shape index (κ3) is 1.03. The van der Waals surface area contributed by atoms with Gasteiger partial charge in [0.05, 0.1) is 0 Å². The van der Waals surface area contributed by atoms with E-state index in [1.807, 2.05) is 0 Å². The van der Waals surface area contributed by atoms with Crippen LogP contribution in [0.3, 0.4) is 0 Å². The fraction of sp³-hybridized carbons (Fsp3) is 0.875. The Balaban J connectivity index is 2.11. The van der Waals surface area contributed by atoms with Crippen LogP contribution in [0.1, 0.15) is 12.8 Å². The highest BCUT2D eigenvalue weighted by Crippen LogP contribution is 2.39. The standard InChI is InChI=1S/C8H14N2O2/c9-8(7(11)12)1-5-3-10-4-6(5)2-8/h5-6,10H,1-4,9H2,(H,11,12). The second-order valence-corrected chi connectivity index (χ2v) is 4.05. The highest BCUT2D eigenvalue weighted by atomic mass is 16.4. The molecular formula is C8H14N2O2. The van der Waals surface area contributed by atoms with Crippen molar-refractivity contribution in [3.8, 4) is 0 Å². The molecule has 2 aliphatic rings. The Morgan fingerprint density at radius 1 is 1.42 bits per heavy atom. The molecular weight excluding hydrogens is 156 g/mol. The molecule has 0 radical (unpaired) electrons. The van der Waals surface area contributed by atoms with E-state index in [1.54, 1.807) is 0 Å². The Morgan fingerprint density at radius 3 is 2.33 bits per heavy atom. The Morgan fingerprint density at radius 2 is 1.92 bits per heavy atom. The summed E-state index contributed by atoms with van der Waals surface area (Å²) in [6, 6.07) is 0. The van der Waals surface area contributed by atoms with Crippen LogP contribution in [-0.4, -0.2) is 29.7 Å². The summed E-state index contributed by atoms with van der Waals surface area (Å²) >= 11 is 0. The number of hydrogen-bond acceptors (Lipinski definition) is 3.